The van der Waals surface area contributed by atoms with E-state index in [9.17, 15) is 4.39 Å². The Kier molecular flexibility index (Phi) is 5.70. The Morgan fingerprint density at radius 3 is 2.86 bits per heavy atom. The molecule has 0 amide bonds. The average Bonchev–Trinajstić information content (AvgIpc) is 2.92. The number of thiazole rings is 1. The van der Waals surface area contributed by atoms with Crippen molar-refractivity contribution in [3.05, 3.63) is 45.7 Å². The smallest absolute Gasteiger partial charge is 0.165 e. The molecular weight excluding hydrogens is 287 g/mol. The minimum atomic E-state index is -0.330. The van der Waals surface area contributed by atoms with Crippen molar-refractivity contribution in [3.8, 4) is 5.75 Å². The molecule has 0 aliphatic heterocycles. The van der Waals surface area contributed by atoms with Gasteiger partial charge in [-0.3, -0.25) is 0 Å². The Bertz CT molecular complexity index is 583. The fourth-order valence-corrected chi connectivity index (χ4v) is 2.62. The van der Waals surface area contributed by atoms with Crippen molar-refractivity contribution >= 4 is 11.3 Å². The molecule has 0 spiro atoms. The van der Waals surface area contributed by atoms with Gasteiger partial charge in [0.2, 0.25) is 0 Å². The molecule has 0 saturated carbocycles. The van der Waals surface area contributed by atoms with E-state index in [1.54, 1.807) is 17.4 Å². The number of ether oxygens (including phenoxy) is 1. The summed E-state index contributed by atoms with van der Waals surface area (Å²) in [4.78, 5) is 4.43. The normalized spacial score (nSPS) is 11.1. The molecule has 1 heterocycles. The number of nitrogens with one attached hydrogen (secondary N) is 1. The highest BCUT2D eigenvalue weighted by Crippen LogP contribution is 2.24. The molecule has 0 aliphatic carbocycles. The molecule has 1 aromatic heterocycles. The van der Waals surface area contributed by atoms with Crippen molar-refractivity contribution in [1.82, 2.24) is 10.3 Å². The van der Waals surface area contributed by atoms with Crippen LogP contribution in [0, 0.1) is 5.82 Å². The van der Waals surface area contributed by atoms with Crippen LogP contribution in [0.1, 0.15) is 37.0 Å². The molecule has 5 heteroatoms. The van der Waals surface area contributed by atoms with Gasteiger partial charge in [-0.1, -0.05) is 32.9 Å². The zero-order valence-corrected chi connectivity index (χ0v) is 13.5. The van der Waals surface area contributed by atoms with Crippen LogP contribution >= 0.6 is 11.3 Å². The van der Waals surface area contributed by atoms with Crippen LogP contribution in [0.5, 0.6) is 5.75 Å². The van der Waals surface area contributed by atoms with E-state index in [-0.39, 0.29) is 5.82 Å². The van der Waals surface area contributed by atoms with Gasteiger partial charge in [-0.15, -0.1) is 11.3 Å². The molecule has 0 bridgehead atoms. The fraction of sp³-hybridized carbons (Fsp3) is 0.438. The van der Waals surface area contributed by atoms with E-state index >= 15 is 0 Å². The second-order valence-corrected chi connectivity index (χ2v) is 6.08. The summed E-state index contributed by atoms with van der Waals surface area (Å²) < 4.78 is 19.7. The van der Waals surface area contributed by atoms with Crippen LogP contribution in [-0.2, 0) is 19.6 Å². The second-order valence-electron chi connectivity index (χ2n) is 5.14. The van der Waals surface area contributed by atoms with Gasteiger partial charge >= 0.3 is 0 Å². The highest BCUT2D eigenvalue weighted by Gasteiger charge is 2.11. The molecule has 0 radical (unpaired) electrons. The van der Waals surface area contributed by atoms with Gasteiger partial charge in [0.15, 0.2) is 11.6 Å². The van der Waals surface area contributed by atoms with E-state index in [2.05, 4.69) is 31.1 Å². The van der Waals surface area contributed by atoms with Gasteiger partial charge in [-0.25, -0.2) is 9.37 Å². The number of nitrogens with zero attached hydrogens (tertiary/aromatic N) is 1. The first-order valence-corrected chi connectivity index (χ1v) is 8.05. The molecule has 21 heavy (non-hydrogen) atoms. The number of halogens is 1. The molecule has 1 N–H and O–H groups in total. The minimum absolute atomic E-state index is 0.298. The van der Waals surface area contributed by atoms with Gasteiger partial charge in [0.1, 0.15) is 6.61 Å². The largest absolute Gasteiger partial charge is 0.484 e. The van der Waals surface area contributed by atoms with Crippen molar-refractivity contribution in [3.63, 3.8) is 0 Å². The third-order valence-electron chi connectivity index (χ3n) is 3.02. The molecule has 3 nitrogen and oxygen atoms in total. The molecule has 114 valence electrons. The van der Waals surface area contributed by atoms with Crippen LogP contribution in [0.15, 0.2) is 23.6 Å². The van der Waals surface area contributed by atoms with Crippen molar-refractivity contribution in [2.75, 3.05) is 0 Å². The first-order chi connectivity index (χ1) is 10.1. The Hall–Kier alpha value is -1.46. The van der Waals surface area contributed by atoms with Gasteiger partial charge in [0, 0.05) is 23.5 Å². The summed E-state index contributed by atoms with van der Waals surface area (Å²) in [5.41, 5.74) is 1.68. The summed E-state index contributed by atoms with van der Waals surface area (Å²) in [6, 6.07) is 5.35. The standard InChI is InChI=1S/C16H21FN2OS/c1-4-15-19-13(10-21-15)9-20-16-12(8-18-11(2)3)6-5-7-14(16)17/h5-7,10-11,18H,4,8-9H2,1-3H3. The van der Waals surface area contributed by atoms with E-state index in [0.717, 1.165) is 22.7 Å². The zero-order chi connectivity index (χ0) is 15.2. The summed E-state index contributed by atoms with van der Waals surface area (Å²) in [5.74, 6) is -0.0132. The number of hydrogen-bond acceptors (Lipinski definition) is 4. The molecule has 0 aliphatic rings. The summed E-state index contributed by atoms with van der Waals surface area (Å²) >= 11 is 1.61. The number of rotatable bonds is 7. The highest BCUT2D eigenvalue weighted by molar-refractivity contribution is 7.09. The predicted molar refractivity (Wildman–Crippen MR) is 84.2 cm³/mol. The third-order valence-corrected chi connectivity index (χ3v) is 4.06. The quantitative estimate of drug-likeness (QED) is 0.842. The molecule has 2 aromatic rings. The van der Waals surface area contributed by atoms with E-state index in [0.29, 0.717) is 24.9 Å². The lowest BCUT2D eigenvalue weighted by Gasteiger charge is -2.14. The van der Waals surface area contributed by atoms with E-state index in [1.165, 1.54) is 6.07 Å². The molecule has 0 atom stereocenters. The van der Waals surface area contributed by atoms with Gasteiger partial charge in [-0.2, -0.15) is 0 Å². The lowest BCUT2D eigenvalue weighted by atomic mass is 10.2. The van der Waals surface area contributed by atoms with Crippen LogP contribution in [-0.4, -0.2) is 11.0 Å². The summed E-state index contributed by atoms with van der Waals surface area (Å²) in [5, 5.41) is 6.32. The fourth-order valence-electron chi connectivity index (χ4n) is 1.89. The zero-order valence-electron chi connectivity index (χ0n) is 12.6. The number of para-hydroxylation sites is 1. The van der Waals surface area contributed by atoms with E-state index < -0.39 is 0 Å². The first kappa shape index (κ1) is 15.9. The molecular formula is C16H21FN2OS. The van der Waals surface area contributed by atoms with Crippen molar-refractivity contribution < 1.29 is 9.13 Å². The average molecular weight is 308 g/mol. The van der Waals surface area contributed by atoms with Gasteiger partial charge in [-0.05, 0) is 12.5 Å². The van der Waals surface area contributed by atoms with E-state index in [4.69, 9.17) is 4.74 Å². The van der Waals surface area contributed by atoms with Crippen LogP contribution in [0.25, 0.3) is 0 Å². The van der Waals surface area contributed by atoms with Crippen LogP contribution in [0.3, 0.4) is 0 Å². The third kappa shape index (κ3) is 4.51. The van der Waals surface area contributed by atoms with Gasteiger partial charge < -0.3 is 10.1 Å². The lowest BCUT2D eigenvalue weighted by Crippen LogP contribution is -2.22. The van der Waals surface area contributed by atoms with Gasteiger partial charge in [0.05, 0.1) is 10.7 Å². The Morgan fingerprint density at radius 1 is 1.38 bits per heavy atom. The molecule has 2 rings (SSSR count). The van der Waals surface area contributed by atoms with Gasteiger partial charge in [0.25, 0.3) is 0 Å². The number of aromatic nitrogens is 1. The SMILES string of the molecule is CCc1nc(COc2c(F)cccc2CNC(C)C)cs1. The number of benzene rings is 1. The summed E-state index contributed by atoms with van der Waals surface area (Å²) in [6.45, 7) is 7.06. The Balaban J connectivity index is 2.07. The maximum Gasteiger partial charge on any atom is 0.165 e. The van der Waals surface area contributed by atoms with E-state index in [1.807, 2.05) is 11.4 Å². The van der Waals surface area contributed by atoms with Crippen LogP contribution in [0.2, 0.25) is 0 Å². The lowest BCUT2D eigenvalue weighted by molar-refractivity contribution is 0.282. The number of hydrogen-bond donors (Lipinski definition) is 1. The summed E-state index contributed by atoms with van der Waals surface area (Å²) in [6.07, 6.45) is 0.911. The molecule has 0 unspecified atom stereocenters. The van der Waals surface area contributed by atoms with Crippen molar-refractivity contribution in [2.24, 2.45) is 0 Å². The summed E-state index contributed by atoms with van der Waals surface area (Å²) in [7, 11) is 0. The maximum atomic E-state index is 14.0. The molecule has 0 saturated heterocycles. The Morgan fingerprint density at radius 2 is 2.19 bits per heavy atom. The second kappa shape index (κ2) is 7.52. The maximum absolute atomic E-state index is 14.0. The van der Waals surface area contributed by atoms with Crippen molar-refractivity contribution in [1.29, 1.82) is 0 Å². The predicted octanol–water partition coefficient (Wildman–Crippen LogP) is 3.92. The minimum Gasteiger partial charge on any atom is -0.484 e. The highest BCUT2D eigenvalue weighted by atomic mass is 32.1. The number of aryl methyl sites for hydroxylation is 1. The molecule has 1 aromatic carbocycles. The van der Waals surface area contributed by atoms with Crippen molar-refractivity contribution in [2.45, 2.75) is 46.4 Å². The molecule has 0 fully saturated rings. The monoisotopic (exact) mass is 308 g/mol. The van der Waals surface area contributed by atoms with Crippen LogP contribution < -0.4 is 10.1 Å². The topological polar surface area (TPSA) is 34.1 Å². The Labute approximate surface area is 129 Å². The first-order valence-electron chi connectivity index (χ1n) is 7.17. The van der Waals surface area contributed by atoms with Crippen LogP contribution in [0.4, 0.5) is 4.39 Å².